The lowest BCUT2D eigenvalue weighted by molar-refractivity contribution is -0.143. The minimum Gasteiger partial charge on any atom is -0.507 e. The van der Waals surface area contributed by atoms with Gasteiger partial charge in [-0.25, -0.2) is 0 Å². The average molecular weight is 537 g/mol. The second-order valence-corrected chi connectivity index (χ2v) is 8.14. The number of amides is 1. The van der Waals surface area contributed by atoms with Gasteiger partial charge in [-0.1, -0.05) is 30.3 Å². The van der Waals surface area contributed by atoms with Gasteiger partial charge in [0.05, 0.1) is 11.1 Å². The number of hydrogen-bond acceptors (Lipinski definition) is 5. The van der Waals surface area contributed by atoms with Crippen molar-refractivity contribution in [3.63, 3.8) is 0 Å². The lowest BCUT2D eigenvalue weighted by Crippen LogP contribution is -2.28. The smallest absolute Gasteiger partial charge is 0.416 e. The van der Waals surface area contributed by atoms with Gasteiger partial charge in [-0.3, -0.25) is 9.59 Å². The predicted molar refractivity (Wildman–Crippen MR) is 123 cm³/mol. The van der Waals surface area contributed by atoms with Gasteiger partial charge >= 0.3 is 12.4 Å². The summed E-state index contributed by atoms with van der Waals surface area (Å²) < 4.78 is 89.1. The lowest BCUT2D eigenvalue weighted by atomic mass is 10.0. The van der Waals surface area contributed by atoms with Crippen LogP contribution >= 0.6 is 0 Å². The Labute approximate surface area is 210 Å². The van der Waals surface area contributed by atoms with Crippen molar-refractivity contribution in [2.75, 3.05) is 6.61 Å². The molecule has 6 nitrogen and oxygen atoms in total. The van der Waals surface area contributed by atoms with Crippen LogP contribution in [0.1, 0.15) is 16.7 Å². The standard InChI is InChI=1S/C26H17F6NO5/c27-25(28,29)16-6-14(7-17(8-16)26(30,31)32)12-33-23(36)13-37-18-9-19(34)24-20(35)11-21(38-22(24)10-18)15-4-2-1-3-5-15/h1-11,34H,12-13H2,(H,33,36). The van der Waals surface area contributed by atoms with Crippen LogP contribution in [0.2, 0.25) is 0 Å². The van der Waals surface area contributed by atoms with Crippen molar-refractivity contribution in [3.8, 4) is 22.8 Å². The molecule has 0 bridgehead atoms. The number of nitrogens with one attached hydrogen (secondary N) is 1. The molecule has 0 aliphatic heterocycles. The SMILES string of the molecule is O=C(COc1cc(O)c2c(=O)cc(-c3ccccc3)oc2c1)NCc1cc(C(F)(F)F)cc(C(F)(F)F)c1. The highest BCUT2D eigenvalue weighted by molar-refractivity contribution is 5.86. The molecule has 198 valence electrons. The van der Waals surface area contributed by atoms with E-state index in [9.17, 15) is 41.0 Å². The Hall–Kier alpha value is -4.48. The summed E-state index contributed by atoms with van der Waals surface area (Å²) in [5.74, 6) is -1.20. The number of rotatable bonds is 6. The summed E-state index contributed by atoms with van der Waals surface area (Å²) in [7, 11) is 0. The summed E-state index contributed by atoms with van der Waals surface area (Å²) in [6, 6.07) is 13.2. The number of carbonyl (C=O) groups is 1. The van der Waals surface area contributed by atoms with Crippen LogP contribution in [0.3, 0.4) is 0 Å². The predicted octanol–water partition coefficient (Wildman–Crippen LogP) is 5.90. The van der Waals surface area contributed by atoms with Crippen LogP contribution in [0.15, 0.2) is 75.9 Å². The Kier molecular flexibility index (Phi) is 7.07. The van der Waals surface area contributed by atoms with E-state index in [-0.39, 0.29) is 28.5 Å². The zero-order valence-corrected chi connectivity index (χ0v) is 19.1. The molecule has 0 fully saturated rings. The first-order chi connectivity index (χ1) is 17.8. The highest BCUT2D eigenvalue weighted by Gasteiger charge is 2.36. The molecule has 1 aromatic heterocycles. The minimum atomic E-state index is -5.02. The number of fused-ring (bicyclic) bond motifs is 1. The van der Waals surface area contributed by atoms with Crippen molar-refractivity contribution in [1.29, 1.82) is 0 Å². The van der Waals surface area contributed by atoms with Gasteiger partial charge < -0.3 is 19.6 Å². The van der Waals surface area contributed by atoms with Gasteiger partial charge in [0.15, 0.2) is 12.0 Å². The molecule has 0 aliphatic rings. The summed E-state index contributed by atoms with van der Waals surface area (Å²) in [6.45, 7) is -1.33. The maximum absolute atomic E-state index is 13.0. The van der Waals surface area contributed by atoms with Gasteiger partial charge in [0.2, 0.25) is 0 Å². The largest absolute Gasteiger partial charge is 0.507 e. The fraction of sp³-hybridized carbons (Fsp3) is 0.154. The zero-order chi connectivity index (χ0) is 27.7. The van der Waals surface area contributed by atoms with Gasteiger partial charge in [0, 0.05) is 30.3 Å². The summed E-state index contributed by atoms with van der Waals surface area (Å²) in [4.78, 5) is 24.7. The maximum Gasteiger partial charge on any atom is 0.416 e. The van der Waals surface area contributed by atoms with E-state index >= 15 is 0 Å². The van der Waals surface area contributed by atoms with E-state index in [1.54, 1.807) is 30.3 Å². The highest BCUT2D eigenvalue weighted by atomic mass is 19.4. The van der Waals surface area contributed by atoms with Gasteiger partial charge in [0.25, 0.3) is 5.91 Å². The van der Waals surface area contributed by atoms with E-state index in [2.05, 4.69) is 5.32 Å². The van der Waals surface area contributed by atoms with E-state index in [1.807, 2.05) is 0 Å². The molecule has 38 heavy (non-hydrogen) atoms. The van der Waals surface area contributed by atoms with Gasteiger partial charge in [-0.2, -0.15) is 26.3 Å². The van der Waals surface area contributed by atoms with Gasteiger partial charge in [-0.15, -0.1) is 0 Å². The van der Waals surface area contributed by atoms with E-state index in [0.717, 1.165) is 6.07 Å². The molecule has 3 aromatic carbocycles. The average Bonchev–Trinajstić information content (AvgIpc) is 2.85. The fourth-order valence-electron chi connectivity index (χ4n) is 3.59. The molecule has 0 radical (unpaired) electrons. The number of hydrogen-bond donors (Lipinski definition) is 2. The molecule has 4 rings (SSSR count). The molecule has 0 saturated carbocycles. The van der Waals surface area contributed by atoms with Crippen LogP contribution in [-0.2, 0) is 23.7 Å². The third kappa shape index (κ3) is 6.07. The summed E-state index contributed by atoms with van der Waals surface area (Å²) in [5.41, 5.74) is -3.38. The number of phenols is 1. The van der Waals surface area contributed by atoms with Crippen molar-refractivity contribution in [1.82, 2.24) is 5.32 Å². The molecule has 0 atom stereocenters. The van der Waals surface area contributed by atoms with Crippen LogP contribution in [-0.4, -0.2) is 17.6 Å². The van der Waals surface area contributed by atoms with Crippen molar-refractivity contribution in [3.05, 3.63) is 93.6 Å². The number of halogens is 6. The molecule has 1 heterocycles. The number of benzene rings is 3. The Bertz CT molecular complexity index is 1510. The third-order valence-electron chi connectivity index (χ3n) is 5.35. The van der Waals surface area contributed by atoms with Crippen LogP contribution in [0.5, 0.6) is 11.5 Å². The van der Waals surface area contributed by atoms with E-state index in [0.29, 0.717) is 17.7 Å². The van der Waals surface area contributed by atoms with E-state index in [4.69, 9.17) is 9.15 Å². The molecule has 1 amide bonds. The molecule has 0 aliphatic carbocycles. The van der Waals surface area contributed by atoms with Crippen molar-refractivity contribution in [2.45, 2.75) is 18.9 Å². The molecule has 4 aromatic rings. The van der Waals surface area contributed by atoms with Gasteiger partial charge in [-0.05, 0) is 23.8 Å². The van der Waals surface area contributed by atoms with Crippen molar-refractivity contribution < 1.29 is 45.4 Å². The topological polar surface area (TPSA) is 88.8 Å². The number of aromatic hydroxyl groups is 1. The summed E-state index contributed by atoms with van der Waals surface area (Å²) in [6.07, 6.45) is -10.0. The zero-order valence-electron chi connectivity index (χ0n) is 19.1. The quantitative estimate of drug-likeness (QED) is 0.299. The van der Waals surface area contributed by atoms with E-state index < -0.39 is 59.3 Å². The number of carbonyl (C=O) groups excluding carboxylic acids is 1. The van der Waals surface area contributed by atoms with E-state index in [1.165, 1.54) is 12.1 Å². The highest BCUT2D eigenvalue weighted by Crippen LogP contribution is 2.36. The maximum atomic E-state index is 13.0. The molecular formula is C26H17F6NO5. The molecule has 0 saturated heterocycles. The fourth-order valence-corrected chi connectivity index (χ4v) is 3.59. The molecule has 12 heteroatoms. The Morgan fingerprint density at radius 1 is 0.895 bits per heavy atom. The summed E-state index contributed by atoms with van der Waals surface area (Å²) in [5, 5.41) is 12.3. The molecule has 2 N–H and O–H groups in total. The van der Waals surface area contributed by atoms with Crippen LogP contribution in [0, 0.1) is 0 Å². The van der Waals surface area contributed by atoms with Crippen LogP contribution in [0.4, 0.5) is 26.3 Å². The Balaban J connectivity index is 1.48. The number of ether oxygens (including phenoxy) is 1. The Morgan fingerprint density at radius 2 is 1.53 bits per heavy atom. The van der Waals surface area contributed by atoms with Crippen LogP contribution in [0.25, 0.3) is 22.3 Å². The summed E-state index contributed by atoms with van der Waals surface area (Å²) >= 11 is 0. The van der Waals surface area contributed by atoms with Crippen molar-refractivity contribution in [2.24, 2.45) is 0 Å². The second-order valence-electron chi connectivity index (χ2n) is 8.14. The van der Waals surface area contributed by atoms with Crippen LogP contribution < -0.4 is 15.5 Å². The monoisotopic (exact) mass is 537 g/mol. The minimum absolute atomic E-state index is 0.0117. The first-order valence-electron chi connectivity index (χ1n) is 10.9. The van der Waals surface area contributed by atoms with Crippen molar-refractivity contribution >= 4 is 16.9 Å². The molecular weight excluding hydrogens is 520 g/mol. The normalized spacial score (nSPS) is 11.9. The van der Waals surface area contributed by atoms with Gasteiger partial charge in [0.1, 0.15) is 28.2 Å². The number of phenolic OH excluding ortho intramolecular Hbond substituents is 1. The molecule has 0 unspecified atom stereocenters. The first-order valence-corrected chi connectivity index (χ1v) is 10.9. The second kappa shape index (κ2) is 10.1. The Morgan fingerprint density at radius 3 is 2.13 bits per heavy atom. The first kappa shape index (κ1) is 26.6. The third-order valence-corrected chi connectivity index (χ3v) is 5.35. The molecule has 0 spiro atoms. The number of alkyl halides is 6. The lowest BCUT2D eigenvalue weighted by Gasteiger charge is -2.15.